The third kappa shape index (κ3) is 7.46. The number of hydrogen-bond donors (Lipinski definition) is 2. The lowest BCUT2D eigenvalue weighted by molar-refractivity contribution is 0.399. The Kier molecular flexibility index (Phi) is 11.3. The second kappa shape index (κ2) is 15.5. The number of anilines is 2. The molecule has 6 aromatic rings. The van der Waals surface area contributed by atoms with Gasteiger partial charge in [-0.2, -0.15) is 20.2 Å². The monoisotopic (exact) mass is 714 g/mol. The highest BCUT2D eigenvalue weighted by Gasteiger charge is 2.27. The van der Waals surface area contributed by atoms with E-state index >= 15 is 0 Å². The van der Waals surface area contributed by atoms with Gasteiger partial charge in [0, 0.05) is 28.2 Å². The lowest BCUT2D eigenvalue weighted by atomic mass is 9.95. The van der Waals surface area contributed by atoms with Crippen molar-refractivity contribution in [2.24, 2.45) is 11.8 Å². The summed E-state index contributed by atoms with van der Waals surface area (Å²) < 4.78 is 30.5. The van der Waals surface area contributed by atoms with Crippen LogP contribution in [-0.4, -0.2) is 67.7 Å². The molecule has 6 rings (SSSR count). The normalized spacial score (nSPS) is 12.7. The maximum atomic E-state index is 13.6. The summed E-state index contributed by atoms with van der Waals surface area (Å²) >= 11 is 0. The van der Waals surface area contributed by atoms with Gasteiger partial charge in [-0.15, -0.1) is 0 Å². The molecule has 0 bridgehead atoms. The van der Waals surface area contributed by atoms with Gasteiger partial charge in [-0.05, 0) is 36.8 Å². The van der Waals surface area contributed by atoms with Gasteiger partial charge < -0.3 is 9.80 Å². The van der Waals surface area contributed by atoms with Crippen LogP contribution in [0, 0.1) is 25.7 Å². The van der Waals surface area contributed by atoms with E-state index in [2.05, 4.69) is 57.8 Å². The number of alkyl halides is 2. The molecule has 276 valence electrons. The molecule has 2 aromatic carbocycles. The number of fused-ring (bicyclic) bond motifs is 2. The zero-order chi connectivity index (χ0) is 38.0. The van der Waals surface area contributed by atoms with Crippen molar-refractivity contribution in [1.82, 2.24) is 39.5 Å². The Morgan fingerprint density at radius 2 is 0.942 bits per heavy atom. The van der Waals surface area contributed by atoms with Crippen molar-refractivity contribution in [2.75, 3.05) is 38.0 Å². The average Bonchev–Trinajstić information content (AvgIpc) is 3.65. The Hall–Kier alpha value is -5.40. The fraction of sp³-hybridized carbons (Fsp3) is 0.421. The lowest BCUT2D eigenvalue weighted by Gasteiger charge is -2.23. The van der Waals surface area contributed by atoms with E-state index < -0.39 is 13.3 Å². The molecule has 0 aliphatic rings. The Bertz CT molecular complexity index is 2110. The van der Waals surface area contributed by atoms with Gasteiger partial charge in [-0.25, -0.2) is 18.1 Å². The molecule has 4 heterocycles. The number of benzene rings is 2. The number of halogens is 2. The standard InChI is InChI=1S/2C19H24FN5O/c2*1-11(2)16(13-8-6-12(3)7-9-13)25-17-15(14(10-20)23-25)18(26)22-19(21-17)24(4)5/h2*6-9,11,16H,10H2,1-5H3,(H,21,22,26)/t2*16-/m10/s1. The fourth-order valence-electron chi connectivity index (χ4n) is 6.35. The first kappa shape index (κ1) is 37.8. The minimum absolute atomic E-state index is 0.122. The van der Waals surface area contributed by atoms with E-state index in [-0.39, 0.29) is 57.2 Å². The van der Waals surface area contributed by atoms with Crippen LogP contribution >= 0.6 is 0 Å². The molecular formula is C38H48F2N10O2. The molecule has 0 saturated carbocycles. The molecule has 0 saturated heterocycles. The first-order valence-corrected chi connectivity index (χ1v) is 17.3. The first-order valence-electron chi connectivity index (χ1n) is 17.3. The molecule has 0 unspecified atom stereocenters. The highest BCUT2D eigenvalue weighted by atomic mass is 19.1. The molecular weight excluding hydrogens is 666 g/mol. The van der Waals surface area contributed by atoms with Crippen LogP contribution in [0.15, 0.2) is 58.1 Å². The summed E-state index contributed by atoms with van der Waals surface area (Å²) in [4.78, 5) is 43.0. The predicted molar refractivity (Wildman–Crippen MR) is 203 cm³/mol. The zero-order valence-electron chi connectivity index (χ0n) is 31.5. The Morgan fingerprint density at radius 3 is 1.21 bits per heavy atom. The smallest absolute Gasteiger partial charge is 0.263 e. The van der Waals surface area contributed by atoms with E-state index in [0.29, 0.717) is 23.2 Å². The summed E-state index contributed by atoms with van der Waals surface area (Å²) in [7, 11) is 7.17. The van der Waals surface area contributed by atoms with Crippen LogP contribution in [0.25, 0.3) is 22.1 Å². The maximum absolute atomic E-state index is 13.6. The Balaban J connectivity index is 0.000000201. The van der Waals surface area contributed by atoms with E-state index in [1.165, 1.54) is 0 Å². The molecule has 0 amide bonds. The Labute approximate surface area is 301 Å². The van der Waals surface area contributed by atoms with Gasteiger partial charge in [-0.1, -0.05) is 87.4 Å². The summed E-state index contributed by atoms with van der Waals surface area (Å²) in [5.74, 6) is 1.19. The minimum Gasteiger partial charge on any atom is -0.348 e. The lowest BCUT2D eigenvalue weighted by Crippen LogP contribution is -2.22. The van der Waals surface area contributed by atoms with Crippen LogP contribution in [0.4, 0.5) is 20.7 Å². The summed E-state index contributed by atoms with van der Waals surface area (Å²) in [5, 5.41) is 9.30. The highest BCUT2D eigenvalue weighted by molar-refractivity contribution is 5.79. The number of nitrogens with zero attached hydrogens (tertiary/aromatic N) is 8. The molecule has 4 aromatic heterocycles. The zero-order valence-corrected chi connectivity index (χ0v) is 31.5. The van der Waals surface area contributed by atoms with Crippen molar-refractivity contribution < 1.29 is 8.78 Å². The molecule has 14 heteroatoms. The van der Waals surface area contributed by atoms with Gasteiger partial charge in [0.15, 0.2) is 11.3 Å². The van der Waals surface area contributed by atoms with Gasteiger partial charge in [-0.3, -0.25) is 19.6 Å². The summed E-state index contributed by atoms with van der Waals surface area (Å²) in [5.41, 5.74) is 4.74. The number of rotatable bonds is 10. The first-order chi connectivity index (χ1) is 24.7. The van der Waals surface area contributed by atoms with E-state index in [9.17, 15) is 18.4 Å². The van der Waals surface area contributed by atoms with Crippen LogP contribution in [0.5, 0.6) is 0 Å². The van der Waals surface area contributed by atoms with Crippen molar-refractivity contribution in [3.8, 4) is 0 Å². The summed E-state index contributed by atoms with van der Waals surface area (Å²) in [6.07, 6.45) is 0. The molecule has 52 heavy (non-hydrogen) atoms. The molecule has 2 atom stereocenters. The van der Waals surface area contributed by atoms with Gasteiger partial charge >= 0.3 is 0 Å². The average molecular weight is 715 g/mol. The molecule has 0 spiro atoms. The number of aromatic amines is 2. The fourth-order valence-corrected chi connectivity index (χ4v) is 6.35. The number of hydrogen-bond acceptors (Lipinski definition) is 8. The summed E-state index contributed by atoms with van der Waals surface area (Å²) in [6, 6.07) is 16.0. The molecule has 0 aliphatic carbocycles. The largest absolute Gasteiger partial charge is 0.348 e. The number of aryl methyl sites for hydroxylation is 2. The number of nitrogens with one attached hydrogen (secondary N) is 2. The van der Waals surface area contributed by atoms with Crippen molar-refractivity contribution in [1.29, 1.82) is 0 Å². The van der Waals surface area contributed by atoms with Crippen LogP contribution in [0.1, 0.15) is 73.4 Å². The molecule has 2 N–H and O–H groups in total. The Morgan fingerprint density at radius 1 is 0.615 bits per heavy atom. The van der Waals surface area contributed by atoms with E-state index in [0.717, 1.165) is 22.3 Å². The second-order valence-electron chi connectivity index (χ2n) is 14.2. The quantitative estimate of drug-likeness (QED) is 0.166. The van der Waals surface area contributed by atoms with Crippen LogP contribution < -0.4 is 20.9 Å². The van der Waals surface area contributed by atoms with Crippen LogP contribution in [0.3, 0.4) is 0 Å². The van der Waals surface area contributed by atoms with Crippen molar-refractivity contribution in [2.45, 2.75) is 67.0 Å². The van der Waals surface area contributed by atoms with Crippen molar-refractivity contribution in [3.05, 3.63) is 103 Å². The highest BCUT2D eigenvalue weighted by Crippen LogP contribution is 2.32. The van der Waals surface area contributed by atoms with Gasteiger partial charge in [0.05, 0.1) is 12.1 Å². The van der Waals surface area contributed by atoms with Crippen LogP contribution in [0.2, 0.25) is 0 Å². The van der Waals surface area contributed by atoms with Gasteiger partial charge in [0.2, 0.25) is 11.9 Å². The van der Waals surface area contributed by atoms with E-state index in [1.54, 1.807) is 47.4 Å². The van der Waals surface area contributed by atoms with Crippen molar-refractivity contribution in [3.63, 3.8) is 0 Å². The number of aromatic nitrogens is 8. The summed E-state index contributed by atoms with van der Waals surface area (Å²) in [6.45, 7) is 10.7. The van der Waals surface area contributed by atoms with Crippen molar-refractivity contribution >= 4 is 34.0 Å². The third-order valence-electron chi connectivity index (χ3n) is 8.97. The van der Waals surface area contributed by atoms with E-state index in [4.69, 9.17) is 0 Å². The third-order valence-corrected chi connectivity index (χ3v) is 8.97. The SMILES string of the molecule is Cc1ccc([C@@H](C(C)C)n2nc(CF)c3c(=O)[nH]c(N(C)C)nc32)cc1.Cc1ccc([C@H](C(C)C)n2nc(CF)c3c(=O)[nH]c(N(C)C)nc32)cc1. The van der Waals surface area contributed by atoms with Crippen LogP contribution in [-0.2, 0) is 13.3 Å². The van der Waals surface area contributed by atoms with Gasteiger partial charge in [0.1, 0.15) is 35.5 Å². The van der Waals surface area contributed by atoms with E-state index in [1.807, 2.05) is 62.4 Å². The predicted octanol–water partition coefficient (Wildman–Crippen LogP) is 6.42. The topological polar surface area (TPSA) is 134 Å². The van der Waals surface area contributed by atoms with Gasteiger partial charge in [0.25, 0.3) is 11.1 Å². The molecule has 0 aliphatic heterocycles. The second-order valence-corrected chi connectivity index (χ2v) is 14.2. The minimum atomic E-state index is -0.811. The molecule has 0 radical (unpaired) electrons. The molecule has 0 fully saturated rings. The molecule has 12 nitrogen and oxygen atoms in total. The number of H-pyrrole nitrogens is 2. The maximum Gasteiger partial charge on any atom is 0.263 e.